The molecule has 1 amide bonds. The summed E-state index contributed by atoms with van der Waals surface area (Å²) in [6, 6.07) is 14.2. The van der Waals surface area contributed by atoms with E-state index >= 15 is 0 Å². The molecule has 0 aromatic heterocycles. The molecule has 0 aliphatic heterocycles. The molecule has 0 saturated heterocycles. The number of amides is 1. The topological polar surface area (TPSA) is 93.1 Å². The van der Waals surface area contributed by atoms with E-state index in [1.165, 1.54) is 12.0 Å². The zero-order chi connectivity index (χ0) is 23.5. The number of carbonyl (C=O) groups is 3. The lowest BCUT2D eigenvalue weighted by Gasteiger charge is -2.36. The lowest BCUT2D eigenvalue weighted by atomic mass is 9.98. The van der Waals surface area contributed by atoms with Gasteiger partial charge in [-0.1, -0.05) is 48.5 Å². The maximum Gasteiger partial charge on any atom is 0.410 e. The number of carboxylic acid groups (broad SMARTS) is 1. The molecule has 0 unspecified atom stereocenters. The van der Waals surface area contributed by atoms with Crippen LogP contribution in [0.15, 0.2) is 48.5 Å². The summed E-state index contributed by atoms with van der Waals surface area (Å²) in [5.74, 6) is -1.50. The first kappa shape index (κ1) is 23.3. The third kappa shape index (κ3) is 5.10. The second-order valence-electron chi connectivity index (χ2n) is 8.83. The van der Waals surface area contributed by atoms with Crippen molar-refractivity contribution in [1.29, 1.82) is 0 Å². The lowest BCUT2D eigenvalue weighted by Crippen LogP contribution is -2.44. The van der Waals surface area contributed by atoms with E-state index in [1.54, 1.807) is 20.8 Å². The largest absolute Gasteiger partial charge is 0.481 e. The second kappa shape index (κ2) is 9.42. The zero-order valence-corrected chi connectivity index (χ0v) is 18.8. The summed E-state index contributed by atoms with van der Waals surface area (Å²) in [6.07, 6.45) is -0.842. The predicted octanol–water partition coefficient (Wildman–Crippen LogP) is 4.79. The molecule has 3 rings (SSSR count). The Balaban J connectivity index is 2.00. The summed E-state index contributed by atoms with van der Waals surface area (Å²) in [6.45, 7) is 5.31. The number of nitrogens with zero attached hydrogens (tertiary/aromatic N) is 1. The van der Waals surface area contributed by atoms with E-state index in [1.807, 2.05) is 48.5 Å². The molecule has 1 N–H and O–H groups in total. The van der Waals surface area contributed by atoms with Crippen LogP contribution in [0.1, 0.15) is 57.2 Å². The highest BCUT2D eigenvalue weighted by Crippen LogP contribution is 2.47. The number of fused-ring (bicyclic) bond motifs is 3. The molecule has 0 bridgehead atoms. The molecule has 170 valence electrons. The fourth-order valence-corrected chi connectivity index (χ4v) is 4.22. The molecular weight excluding hydrogens is 410 g/mol. The van der Waals surface area contributed by atoms with Gasteiger partial charge in [-0.3, -0.25) is 14.5 Å². The molecule has 2 aromatic carbocycles. The minimum Gasteiger partial charge on any atom is -0.481 e. The Bertz CT molecular complexity index is 964. The molecule has 1 aliphatic rings. The summed E-state index contributed by atoms with van der Waals surface area (Å²) in [7, 11) is 1.27. The maximum atomic E-state index is 13.0. The van der Waals surface area contributed by atoms with E-state index < -0.39 is 35.7 Å². The van der Waals surface area contributed by atoms with E-state index in [-0.39, 0.29) is 19.3 Å². The third-order valence-corrected chi connectivity index (χ3v) is 5.37. The van der Waals surface area contributed by atoms with Gasteiger partial charge in [0, 0.05) is 12.5 Å². The van der Waals surface area contributed by atoms with Crippen LogP contribution in [0.4, 0.5) is 4.79 Å². The molecule has 0 saturated carbocycles. The summed E-state index contributed by atoms with van der Waals surface area (Å²) in [5, 5.41) is 9.58. The highest BCUT2D eigenvalue weighted by molar-refractivity contribution is 5.82. The molecule has 0 radical (unpaired) electrons. The monoisotopic (exact) mass is 439 g/mol. The third-order valence-electron chi connectivity index (χ3n) is 5.37. The van der Waals surface area contributed by atoms with Gasteiger partial charge in [0.2, 0.25) is 0 Å². The molecule has 32 heavy (non-hydrogen) atoms. The van der Waals surface area contributed by atoms with Crippen LogP contribution in [-0.4, -0.2) is 46.8 Å². The first-order valence-corrected chi connectivity index (χ1v) is 10.6. The number of carbonyl (C=O) groups excluding carboxylic acids is 2. The van der Waals surface area contributed by atoms with Crippen molar-refractivity contribution >= 4 is 18.0 Å². The lowest BCUT2D eigenvalue weighted by molar-refractivity contribution is -0.155. The first-order chi connectivity index (χ1) is 15.1. The Kier molecular flexibility index (Phi) is 6.87. The van der Waals surface area contributed by atoms with Crippen molar-refractivity contribution in [2.45, 2.75) is 57.7 Å². The van der Waals surface area contributed by atoms with Gasteiger partial charge in [0.25, 0.3) is 0 Å². The van der Waals surface area contributed by atoms with Crippen LogP contribution in [0.25, 0.3) is 11.1 Å². The fourth-order valence-electron chi connectivity index (χ4n) is 4.22. The van der Waals surface area contributed by atoms with Gasteiger partial charge < -0.3 is 14.6 Å². The summed E-state index contributed by atoms with van der Waals surface area (Å²) in [4.78, 5) is 38.5. The number of hydrogen-bond acceptors (Lipinski definition) is 5. The Morgan fingerprint density at radius 2 is 1.53 bits per heavy atom. The van der Waals surface area contributed by atoms with E-state index in [0.717, 1.165) is 22.3 Å². The van der Waals surface area contributed by atoms with Crippen molar-refractivity contribution in [1.82, 2.24) is 4.90 Å². The molecule has 1 atom stereocenters. The Morgan fingerprint density at radius 3 is 2.00 bits per heavy atom. The average molecular weight is 440 g/mol. The van der Waals surface area contributed by atoms with E-state index in [4.69, 9.17) is 9.47 Å². The highest BCUT2D eigenvalue weighted by Gasteiger charge is 2.40. The second-order valence-corrected chi connectivity index (χ2v) is 8.83. The van der Waals surface area contributed by atoms with Crippen molar-refractivity contribution < 1.29 is 29.0 Å². The van der Waals surface area contributed by atoms with Gasteiger partial charge >= 0.3 is 18.0 Å². The van der Waals surface area contributed by atoms with Gasteiger partial charge in [-0.05, 0) is 49.4 Å². The summed E-state index contributed by atoms with van der Waals surface area (Å²) >= 11 is 0. The van der Waals surface area contributed by atoms with Crippen molar-refractivity contribution in [2.24, 2.45) is 0 Å². The molecular formula is C25H29NO6. The number of esters is 1. The van der Waals surface area contributed by atoms with Crippen molar-refractivity contribution in [3.05, 3.63) is 59.7 Å². The molecule has 0 heterocycles. The normalized spacial score (nSPS) is 13.6. The van der Waals surface area contributed by atoms with Gasteiger partial charge in [-0.15, -0.1) is 0 Å². The summed E-state index contributed by atoms with van der Waals surface area (Å²) in [5.41, 5.74) is 3.12. The Hall–Kier alpha value is -3.35. The fraction of sp³-hybridized carbons (Fsp3) is 0.400. The van der Waals surface area contributed by atoms with Gasteiger partial charge in [-0.2, -0.15) is 0 Å². The Labute approximate surface area is 187 Å². The van der Waals surface area contributed by atoms with E-state index in [9.17, 15) is 19.5 Å². The minimum atomic E-state index is -1.06. The Morgan fingerprint density at radius 1 is 1.00 bits per heavy atom. The van der Waals surface area contributed by atoms with Crippen molar-refractivity contribution in [2.75, 3.05) is 7.11 Å². The van der Waals surface area contributed by atoms with Gasteiger partial charge in [0.15, 0.2) is 0 Å². The van der Waals surface area contributed by atoms with Crippen LogP contribution in [0.3, 0.4) is 0 Å². The van der Waals surface area contributed by atoms with Crippen LogP contribution < -0.4 is 0 Å². The summed E-state index contributed by atoms with van der Waals surface area (Å²) < 4.78 is 10.5. The smallest absolute Gasteiger partial charge is 0.410 e. The van der Waals surface area contributed by atoms with Gasteiger partial charge in [0.1, 0.15) is 5.60 Å². The number of hydrogen-bond donors (Lipinski definition) is 1. The maximum absolute atomic E-state index is 13.0. The number of methoxy groups -OCH3 is 1. The molecule has 7 heteroatoms. The number of ether oxygens (including phenoxy) is 2. The van der Waals surface area contributed by atoms with Crippen LogP contribution in [0, 0.1) is 0 Å². The average Bonchev–Trinajstić information content (AvgIpc) is 3.05. The number of carboxylic acids is 1. The van der Waals surface area contributed by atoms with Crippen LogP contribution in [0.2, 0.25) is 0 Å². The first-order valence-electron chi connectivity index (χ1n) is 10.6. The standard InChI is InChI=1S/C25H29NO6/c1-25(2,3)32-22(29)14-13-16(15-21(27)28)26(24(30)31-4)23-19-11-7-5-9-17(19)18-10-6-8-12-20(18)23/h5-12,16,23H,13-15H2,1-4H3,(H,27,28)/t16-/m0/s1. The zero-order valence-electron chi connectivity index (χ0n) is 18.8. The highest BCUT2D eigenvalue weighted by atomic mass is 16.6. The van der Waals surface area contributed by atoms with Crippen LogP contribution >= 0.6 is 0 Å². The van der Waals surface area contributed by atoms with E-state index in [0.29, 0.717) is 0 Å². The number of benzene rings is 2. The number of rotatable bonds is 7. The molecule has 1 aliphatic carbocycles. The van der Waals surface area contributed by atoms with Gasteiger partial charge in [-0.25, -0.2) is 4.79 Å². The molecule has 0 fully saturated rings. The predicted molar refractivity (Wildman–Crippen MR) is 119 cm³/mol. The quantitative estimate of drug-likeness (QED) is 0.624. The minimum absolute atomic E-state index is 0.0152. The van der Waals surface area contributed by atoms with Crippen LogP contribution in [0.5, 0.6) is 0 Å². The van der Waals surface area contributed by atoms with Gasteiger partial charge in [0.05, 0.1) is 19.6 Å². The molecule has 0 spiro atoms. The SMILES string of the molecule is COC(=O)N(C1c2ccccc2-c2ccccc21)[C@@H](CCC(=O)OC(C)(C)C)CC(=O)O. The number of aliphatic carboxylic acids is 1. The van der Waals surface area contributed by atoms with Crippen molar-refractivity contribution in [3.8, 4) is 11.1 Å². The molecule has 2 aromatic rings. The van der Waals surface area contributed by atoms with Crippen LogP contribution in [-0.2, 0) is 19.1 Å². The van der Waals surface area contributed by atoms with E-state index in [2.05, 4.69) is 0 Å². The molecule has 7 nitrogen and oxygen atoms in total. The van der Waals surface area contributed by atoms with Crippen molar-refractivity contribution in [3.63, 3.8) is 0 Å².